The maximum atomic E-state index is 10.4. The van der Waals surface area contributed by atoms with Gasteiger partial charge in [-0.15, -0.1) is 0 Å². The number of amides is 1. The molecule has 0 atom stereocenters. The average Bonchev–Trinajstić information content (AvgIpc) is 1.87. The molecule has 11 heavy (non-hydrogen) atoms. The van der Waals surface area contributed by atoms with Crippen molar-refractivity contribution in [1.29, 1.82) is 5.26 Å². The lowest BCUT2D eigenvalue weighted by Crippen LogP contribution is -2.31. The lowest BCUT2D eigenvalue weighted by molar-refractivity contribution is -0.118. The van der Waals surface area contributed by atoms with Gasteiger partial charge in [-0.25, -0.2) is 0 Å². The summed E-state index contributed by atoms with van der Waals surface area (Å²) in [6, 6.07) is 2.02. The maximum absolute atomic E-state index is 10.4. The quantitative estimate of drug-likeness (QED) is 0.561. The molecular weight excluding hydrogens is 142 g/mol. The van der Waals surface area contributed by atoms with Crippen LogP contribution in [0.25, 0.3) is 0 Å². The van der Waals surface area contributed by atoms with Crippen LogP contribution < -0.4 is 5.32 Å². The molecule has 0 unspecified atom stereocenters. The number of likely N-dealkylation sites (N-methyl/N-ethyl adjacent to an activating group) is 1. The molecule has 0 bridgehead atoms. The fraction of sp³-hybridized carbons (Fsp3) is 0.714. The average molecular weight is 155 g/mol. The number of carbonyl (C=O) groups is 1. The van der Waals surface area contributed by atoms with E-state index in [2.05, 4.69) is 5.32 Å². The van der Waals surface area contributed by atoms with Crippen molar-refractivity contribution in [3.63, 3.8) is 0 Å². The van der Waals surface area contributed by atoms with E-state index < -0.39 is 0 Å². The molecule has 0 aromatic carbocycles. The van der Waals surface area contributed by atoms with Crippen LogP contribution in [0.5, 0.6) is 0 Å². The molecule has 0 aliphatic heterocycles. The first-order chi connectivity index (χ1) is 5.16. The Morgan fingerprint density at radius 1 is 1.73 bits per heavy atom. The van der Waals surface area contributed by atoms with Gasteiger partial charge in [0.25, 0.3) is 0 Å². The van der Waals surface area contributed by atoms with Crippen LogP contribution in [0.3, 0.4) is 0 Å². The maximum Gasteiger partial charge on any atom is 0.216 e. The summed E-state index contributed by atoms with van der Waals surface area (Å²) in [5, 5.41) is 10.9. The predicted octanol–water partition coefficient (Wildman–Crippen LogP) is -0.422. The minimum atomic E-state index is -0.0321. The van der Waals surface area contributed by atoms with Gasteiger partial charge in [-0.1, -0.05) is 0 Å². The molecule has 0 aliphatic carbocycles. The molecule has 0 saturated carbocycles. The number of hydrogen-bond acceptors (Lipinski definition) is 3. The molecule has 0 aromatic rings. The second kappa shape index (κ2) is 5.69. The van der Waals surface area contributed by atoms with Gasteiger partial charge >= 0.3 is 0 Å². The molecule has 1 amide bonds. The zero-order valence-corrected chi connectivity index (χ0v) is 6.92. The van der Waals surface area contributed by atoms with Gasteiger partial charge < -0.3 is 5.32 Å². The molecule has 4 nitrogen and oxygen atoms in total. The lowest BCUT2D eigenvalue weighted by Gasteiger charge is -2.11. The highest BCUT2D eigenvalue weighted by atomic mass is 16.1. The van der Waals surface area contributed by atoms with Crippen LogP contribution >= 0.6 is 0 Å². The number of hydrogen-bond donors (Lipinski definition) is 1. The molecule has 0 fully saturated rings. The number of rotatable bonds is 4. The van der Waals surface area contributed by atoms with E-state index in [1.54, 1.807) is 0 Å². The summed E-state index contributed by atoms with van der Waals surface area (Å²) in [6.45, 7) is 3.20. The van der Waals surface area contributed by atoms with Crippen molar-refractivity contribution in [2.45, 2.75) is 6.92 Å². The van der Waals surface area contributed by atoms with E-state index in [1.165, 1.54) is 6.92 Å². The zero-order valence-electron chi connectivity index (χ0n) is 6.92. The first-order valence-corrected chi connectivity index (χ1v) is 3.46. The highest BCUT2D eigenvalue weighted by Gasteiger charge is 1.95. The molecule has 1 N–H and O–H groups in total. The second-order valence-electron chi connectivity index (χ2n) is 2.38. The molecule has 0 heterocycles. The van der Waals surface area contributed by atoms with Crippen LogP contribution in [0.4, 0.5) is 0 Å². The standard InChI is InChI=1S/C7H13N3O/c1-7(11)9-4-6-10(2)5-3-8/h4-6H2,1-2H3,(H,9,11). The summed E-state index contributed by atoms with van der Waals surface area (Å²) in [5.41, 5.74) is 0. The van der Waals surface area contributed by atoms with Crippen LogP contribution in [-0.2, 0) is 4.79 Å². The van der Waals surface area contributed by atoms with E-state index in [0.29, 0.717) is 19.6 Å². The second-order valence-corrected chi connectivity index (χ2v) is 2.38. The number of nitrogens with one attached hydrogen (secondary N) is 1. The van der Waals surface area contributed by atoms with Crippen molar-refractivity contribution in [2.24, 2.45) is 0 Å². The van der Waals surface area contributed by atoms with E-state index in [1.807, 2.05) is 18.0 Å². The molecule has 0 spiro atoms. The van der Waals surface area contributed by atoms with Crippen LogP contribution in [0, 0.1) is 11.3 Å². The Morgan fingerprint density at radius 2 is 2.36 bits per heavy atom. The Labute approximate surface area is 66.8 Å². The number of nitriles is 1. The van der Waals surface area contributed by atoms with E-state index in [4.69, 9.17) is 5.26 Å². The van der Waals surface area contributed by atoms with Crippen LogP contribution in [0.15, 0.2) is 0 Å². The summed E-state index contributed by atoms with van der Waals surface area (Å²) < 4.78 is 0. The summed E-state index contributed by atoms with van der Waals surface area (Å²) in [7, 11) is 1.84. The van der Waals surface area contributed by atoms with Gasteiger partial charge in [0.1, 0.15) is 0 Å². The third-order valence-electron chi connectivity index (χ3n) is 1.21. The Kier molecular flexibility index (Phi) is 5.13. The monoisotopic (exact) mass is 155 g/mol. The third kappa shape index (κ3) is 6.81. The smallest absolute Gasteiger partial charge is 0.216 e. The Morgan fingerprint density at radius 3 is 2.82 bits per heavy atom. The molecule has 62 valence electrons. The Bertz CT molecular complexity index is 162. The van der Waals surface area contributed by atoms with Crippen molar-refractivity contribution in [3.8, 4) is 6.07 Å². The lowest BCUT2D eigenvalue weighted by atomic mass is 10.5. The molecule has 0 aliphatic rings. The van der Waals surface area contributed by atoms with Crippen molar-refractivity contribution in [3.05, 3.63) is 0 Å². The van der Waals surface area contributed by atoms with Crippen LogP contribution in [-0.4, -0.2) is 37.5 Å². The predicted molar refractivity (Wildman–Crippen MR) is 41.8 cm³/mol. The van der Waals surface area contributed by atoms with Crippen molar-refractivity contribution in [1.82, 2.24) is 10.2 Å². The highest BCUT2D eigenvalue weighted by Crippen LogP contribution is 1.77. The van der Waals surface area contributed by atoms with Crippen molar-refractivity contribution >= 4 is 5.91 Å². The third-order valence-corrected chi connectivity index (χ3v) is 1.21. The first kappa shape index (κ1) is 9.92. The van der Waals surface area contributed by atoms with E-state index in [-0.39, 0.29) is 5.91 Å². The van der Waals surface area contributed by atoms with Gasteiger partial charge in [0.15, 0.2) is 0 Å². The minimum Gasteiger partial charge on any atom is -0.355 e. The number of carbonyl (C=O) groups excluding carboxylic acids is 1. The van der Waals surface area contributed by atoms with Gasteiger partial charge in [0.2, 0.25) is 5.91 Å². The summed E-state index contributed by atoms with van der Waals surface area (Å²) >= 11 is 0. The summed E-state index contributed by atoms with van der Waals surface area (Å²) in [6.07, 6.45) is 0. The van der Waals surface area contributed by atoms with Crippen LogP contribution in [0.1, 0.15) is 6.92 Å². The van der Waals surface area contributed by atoms with Gasteiger partial charge in [-0.2, -0.15) is 5.26 Å². The Balaban J connectivity index is 3.25. The van der Waals surface area contributed by atoms with Gasteiger partial charge in [0.05, 0.1) is 12.6 Å². The molecule has 0 aromatic heterocycles. The topological polar surface area (TPSA) is 56.1 Å². The molecular formula is C7H13N3O. The SMILES string of the molecule is CC(=O)NCCN(C)CC#N. The largest absolute Gasteiger partial charge is 0.355 e. The fourth-order valence-corrected chi connectivity index (χ4v) is 0.623. The number of nitrogens with zero attached hydrogens (tertiary/aromatic N) is 2. The van der Waals surface area contributed by atoms with Crippen molar-refractivity contribution in [2.75, 3.05) is 26.7 Å². The fourth-order valence-electron chi connectivity index (χ4n) is 0.623. The van der Waals surface area contributed by atoms with E-state index in [0.717, 1.165) is 0 Å². The molecule has 0 saturated heterocycles. The van der Waals surface area contributed by atoms with Gasteiger partial charge in [0, 0.05) is 20.0 Å². The van der Waals surface area contributed by atoms with Crippen molar-refractivity contribution < 1.29 is 4.79 Å². The molecule has 0 rings (SSSR count). The van der Waals surface area contributed by atoms with Crippen LogP contribution in [0.2, 0.25) is 0 Å². The minimum absolute atomic E-state index is 0.0321. The first-order valence-electron chi connectivity index (χ1n) is 3.46. The summed E-state index contributed by atoms with van der Waals surface area (Å²) in [4.78, 5) is 12.2. The van der Waals surface area contributed by atoms with Gasteiger partial charge in [-0.3, -0.25) is 9.69 Å². The van der Waals surface area contributed by atoms with E-state index >= 15 is 0 Å². The van der Waals surface area contributed by atoms with E-state index in [9.17, 15) is 4.79 Å². The highest BCUT2D eigenvalue weighted by molar-refractivity contribution is 5.72. The zero-order chi connectivity index (χ0) is 8.69. The Hall–Kier alpha value is -1.08. The summed E-state index contributed by atoms with van der Waals surface area (Å²) in [5.74, 6) is -0.0321. The molecule has 4 heteroatoms. The normalized spacial score (nSPS) is 9.27. The van der Waals surface area contributed by atoms with Gasteiger partial charge in [-0.05, 0) is 7.05 Å². The molecule has 0 radical (unpaired) electrons.